The highest BCUT2D eigenvalue weighted by molar-refractivity contribution is 5.81. The van der Waals surface area contributed by atoms with E-state index in [-0.39, 0.29) is 23.2 Å². The minimum Gasteiger partial charge on any atom is -0.340 e. The number of halogens is 1. The second-order valence-electron chi connectivity index (χ2n) is 7.66. The van der Waals surface area contributed by atoms with Crippen LogP contribution in [0.1, 0.15) is 37.7 Å². The fourth-order valence-electron chi connectivity index (χ4n) is 3.42. The van der Waals surface area contributed by atoms with Gasteiger partial charge in [0.15, 0.2) is 0 Å². The van der Waals surface area contributed by atoms with Gasteiger partial charge in [-0.05, 0) is 46.9 Å². The van der Waals surface area contributed by atoms with Crippen molar-refractivity contribution in [2.45, 2.75) is 45.7 Å². The van der Waals surface area contributed by atoms with E-state index in [0.717, 1.165) is 12.0 Å². The minimum absolute atomic E-state index is 0.0373. The third-order valence-electron chi connectivity index (χ3n) is 5.20. The smallest absolute Gasteiger partial charge is 0.247 e. The maximum Gasteiger partial charge on any atom is 0.247 e. The zero-order chi connectivity index (χ0) is 18.9. The van der Waals surface area contributed by atoms with Crippen molar-refractivity contribution in [3.05, 3.63) is 41.5 Å². The van der Waals surface area contributed by atoms with Crippen molar-refractivity contribution >= 4 is 5.91 Å². The molecule has 0 radical (unpaired) electrons. The van der Waals surface area contributed by atoms with Crippen molar-refractivity contribution in [2.75, 3.05) is 13.1 Å². The third-order valence-corrected chi connectivity index (χ3v) is 5.20. The number of carbonyl (C=O) groups is 1. The maximum absolute atomic E-state index is 13.3. The molecule has 3 rings (SSSR count). The van der Waals surface area contributed by atoms with E-state index >= 15 is 0 Å². The summed E-state index contributed by atoms with van der Waals surface area (Å²) in [7, 11) is 0. The van der Waals surface area contributed by atoms with Crippen molar-refractivity contribution in [1.82, 2.24) is 25.1 Å². The molecule has 8 heteroatoms. The number of amides is 1. The molecule has 2 aromatic rings. The second-order valence-corrected chi connectivity index (χ2v) is 7.66. The van der Waals surface area contributed by atoms with Crippen LogP contribution in [0.5, 0.6) is 0 Å². The van der Waals surface area contributed by atoms with Gasteiger partial charge in [0, 0.05) is 25.6 Å². The van der Waals surface area contributed by atoms with Crippen molar-refractivity contribution in [3.8, 4) is 0 Å². The highest BCUT2D eigenvalue weighted by Gasteiger charge is 2.38. The molecule has 26 heavy (non-hydrogen) atoms. The van der Waals surface area contributed by atoms with Crippen molar-refractivity contribution in [3.63, 3.8) is 0 Å². The van der Waals surface area contributed by atoms with Crippen molar-refractivity contribution < 1.29 is 9.18 Å². The van der Waals surface area contributed by atoms with Crippen LogP contribution in [0.4, 0.5) is 4.39 Å². The lowest BCUT2D eigenvalue weighted by Gasteiger charge is -2.43. The summed E-state index contributed by atoms with van der Waals surface area (Å²) in [5.74, 6) is 0.227. The molecule has 140 valence electrons. The number of hydrogen-bond donors (Lipinski definition) is 1. The highest BCUT2D eigenvalue weighted by Crippen LogP contribution is 2.30. The van der Waals surface area contributed by atoms with E-state index in [4.69, 9.17) is 5.73 Å². The molecule has 0 spiro atoms. The van der Waals surface area contributed by atoms with Crippen molar-refractivity contribution in [1.29, 1.82) is 0 Å². The number of benzene rings is 1. The predicted octanol–water partition coefficient (Wildman–Crippen LogP) is 1.49. The zero-order valence-electron chi connectivity index (χ0n) is 15.4. The first-order valence-electron chi connectivity index (χ1n) is 8.81. The number of rotatable bonds is 4. The number of tetrazole rings is 1. The molecule has 0 bridgehead atoms. The number of carbonyl (C=O) groups excluding carboxylic acids is 1. The van der Waals surface area contributed by atoms with E-state index in [1.54, 1.807) is 23.7 Å². The number of hydrogen-bond acceptors (Lipinski definition) is 5. The number of likely N-dealkylation sites (tertiary alicyclic amines) is 1. The Hall–Kier alpha value is -2.35. The fourth-order valence-corrected chi connectivity index (χ4v) is 3.42. The Kier molecular flexibility index (Phi) is 5.04. The molecular weight excluding hydrogens is 335 g/mol. The standard InChI is InChI=1S/C18H25FN6O/c1-12-21-22-23-25(12)15(10-13-4-6-14(19)7-5-13)17(26)24-9-8-16(20)18(2,3)11-24/h4-7,15-16H,8-11,20H2,1-3H3. The molecule has 1 aliphatic rings. The molecule has 2 unspecified atom stereocenters. The van der Waals surface area contributed by atoms with Crippen LogP contribution in [0.25, 0.3) is 0 Å². The third kappa shape index (κ3) is 3.75. The normalized spacial score (nSPS) is 20.8. The van der Waals surface area contributed by atoms with Crippen molar-refractivity contribution in [2.24, 2.45) is 11.1 Å². The van der Waals surface area contributed by atoms with Gasteiger partial charge in [0.2, 0.25) is 5.91 Å². The van der Waals surface area contributed by atoms with Crippen LogP contribution in [0.2, 0.25) is 0 Å². The molecule has 7 nitrogen and oxygen atoms in total. The molecule has 1 aliphatic heterocycles. The molecule has 2 N–H and O–H groups in total. The topological polar surface area (TPSA) is 89.9 Å². The van der Waals surface area contributed by atoms with Gasteiger partial charge in [0.25, 0.3) is 0 Å². The number of aromatic nitrogens is 4. The summed E-state index contributed by atoms with van der Waals surface area (Å²) >= 11 is 0. The Morgan fingerprint density at radius 1 is 1.38 bits per heavy atom. The molecule has 0 aliphatic carbocycles. The summed E-state index contributed by atoms with van der Waals surface area (Å²) in [6.07, 6.45) is 1.16. The zero-order valence-corrected chi connectivity index (χ0v) is 15.4. The Bertz CT molecular complexity index is 772. The summed E-state index contributed by atoms with van der Waals surface area (Å²) < 4.78 is 14.8. The van der Waals surface area contributed by atoms with Crippen LogP contribution in [-0.4, -0.2) is 50.1 Å². The molecular formula is C18H25FN6O. The Morgan fingerprint density at radius 3 is 2.65 bits per heavy atom. The molecule has 1 saturated heterocycles. The average molecular weight is 360 g/mol. The SMILES string of the molecule is Cc1nnnn1C(Cc1ccc(F)cc1)C(=O)N1CCC(N)C(C)(C)C1. The number of nitrogens with two attached hydrogens (primary N) is 1. The molecule has 2 atom stereocenters. The monoisotopic (exact) mass is 360 g/mol. The van der Waals surface area contributed by atoms with E-state index in [1.165, 1.54) is 12.1 Å². The van der Waals surface area contributed by atoms with Crippen LogP contribution in [-0.2, 0) is 11.2 Å². The maximum atomic E-state index is 13.3. The van der Waals surface area contributed by atoms with E-state index < -0.39 is 6.04 Å². The average Bonchev–Trinajstić information content (AvgIpc) is 3.02. The second kappa shape index (κ2) is 7.11. The van der Waals surface area contributed by atoms with Gasteiger partial charge in [-0.2, -0.15) is 0 Å². The molecule has 1 fully saturated rings. The van der Waals surface area contributed by atoms with Gasteiger partial charge < -0.3 is 10.6 Å². The van der Waals surface area contributed by atoms with Crippen LogP contribution in [0, 0.1) is 18.2 Å². The molecule has 2 heterocycles. The minimum atomic E-state index is -0.569. The van der Waals surface area contributed by atoms with E-state index in [9.17, 15) is 9.18 Å². The van der Waals surface area contributed by atoms with Gasteiger partial charge in [0.05, 0.1) is 0 Å². The van der Waals surface area contributed by atoms with Gasteiger partial charge in [-0.25, -0.2) is 9.07 Å². The fraction of sp³-hybridized carbons (Fsp3) is 0.556. The Labute approximate surface area is 152 Å². The summed E-state index contributed by atoms with van der Waals surface area (Å²) in [6, 6.07) is 5.66. The lowest BCUT2D eigenvalue weighted by atomic mass is 9.79. The van der Waals surface area contributed by atoms with Crippen LogP contribution in [0.15, 0.2) is 24.3 Å². The highest BCUT2D eigenvalue weighted by atomic mass is 19.1. The van der Waals surface area contributed by atoms with E-state index in [1.807, 2.05) is 4.90 Å². The molecule has 1 aromatic carbocycles. The van der Waals surface area contributed by atoms with Gasteiger partial charge >= 0.3 is 0 Å². The quantitative estimate of drug-likeness (QED) is 0.892. The van der Waals surface area contributed by atoms with Crippen LogP contribution >= 0.6 is 0 Å². The van der Waals surface area contributed by atoms with Gasteiger partial charge in [0.1, 0.15) is 17.7 Å². The first kappa shape index (κ1) is 18.4. The summed E-state index contributed by atoms with van der Waals surface area (Å²) in [4.78, 5) is 15.2. The van der Waals surface area contributed by atoms with E-state index in [0.29, 0.717) is 25.3 Å². The number of aryl methyl sites for hydroxylation is 1. The Morgan fingerprint density at radius 2 is 2.08 bits per heavy atom. The molecule has 1 amide bonds. The number of nitrogens with zero attached hydrogens (tertiary/aromatic N) is 5. The first-order valence-corrected chi connectivity index (χ1v) is 8.81. The van der Waals surface area contributed by atoms with Gasteiger partial charge in [-0.3, -0.25) is 4.79 Å². The predicted molar refractivity (Wildman–Crippen MR) is 94.6 cm³/mol. The summed E-state index contributed by atoms with van der Waals surface area (Å²) in [5.41, 5.74) is 6.90. The largest absolute Gasteiger partial charge is 0.340 e. The van der Waals surface area contributed by atoms with Gasteiger partial charge in [-0.15, -0.1) is 5.10 Å². The van der Waals surface area contributed by atoms with Crippen LogP contribution in [0.3, 0.4) is 0 Å². The first-order chi connectivity index (χ1) is 12.3. The Balaban J connectivity index is 1.87. The lowest BCUT2D eigenvalue weighted by molar-refractivity contribution is -0.138. The summed E-state index contributed by atoms with van der Waals surface area (Å²) in [6.45, 7) is 7.13. The number of piperidine rings is 1. The van der Waals surface area contributed by atoms with Gasteiger partial charge in [-0.1, -0.05) is 26.0 Å². The lowest BCUT2D eigenvalue weighted by Crippen LogP contribution is -2.55. The molecule has 1 aromatic heterocycles. The summed E-state index contributed by atoms with van der Waals surface area (Å²) in [5, 5.41) is 11.6. The van der Waals surface area contributed by atoms with Crippen LogP contribution < -0.4 is 5.73 Å². The molecule has 0 saturated carbocycles. The van der Waals surface area contributed by atoms with E-state index in [2.05, 4.69) is 29.4 Å².